The van der Waals surface area contributed by atoms with Gasteiger partial charge in [0.25, 0.3) is 0 Å². The Morgan fingerprint density at radius 3 is 2.22 bits per heavy atom. The van der Waals surface area contributed by atoms with Crippen LogP contribution in [0.15, 0.2) is 66.7 Å². The van der Waals surface area contributed by atoms with Gasteiger partial charge in [-0.2, -0.15) is 0 Å². The maximum atomic E-state index is 2.34. The fraction of sp³-hybridized carbons (Fsp3) is 0.176. The van der Waals surface area contributed by atoms with Gasteiger partial charge in [0, 0.05) is 5.56 Å². The monoisotopic (exact) mass is 238 g/mol. The summed E-state index contributed by atoms with van der Waals surface area (Å²) in [7, 11) is 0. The van der Waals surface area contributed by atoms with Crippen molar-refractivity contribution < 1.29 is 5.32 Å². The topological polar surface area (TPSA) is 16.6 Å². The molecule has 0 saturated heterocycles. The summed E-state index contributed by atoms with van der Waals surface area (Å²) in [5.41, 5.74) is 2.64. The van der Waals surface area contributed by atoms with E-state index in [-0.39, 0.29) is 0 Å². The van der Waals surface area contributed by atoms with Gasteiger partial charge in [-0.1, -0.05) is 66.7 Å². The molecule has 0 aliphatic heterocycles. The molecule has 18 heavy (non-hydrogen) atoms. The fourth-order valence-corrected chi connectivity index (χ4v) is 1.94. The Labute approximate surface area is 109 Å². The Balaban J connectivity index is 1.81. The average Bonchev–Trinajstić information content (AvgIpc) is 2.45. The highest BCUT2D eigenvalue weighted by molar-refractivity contribution is 5.48. The fourth-order valence-electron chi connectivity index (χ4n) is 1.94. The molecule has 0 fully saturated rings. The van der Waals surface area contributed by atoms with Crippen LogP contribution in [-0.4, -0.2) is 6.54 Å². The summed E-state index contributed by atoms with van der Waals surface area (Å²) in [6.07, 6.45) is 4.39. The molecule has 92 valence electrons. The molecular formula is C17H20N+. The van der Waals surface area contributed by atoms with Crippen molar-refractivity contribution >= 4 is 6.08 Å². The Morgan fingerprint density at radius 2 is 1.56 bits per heavy atom. The third-order valence-electron chi connectivity index (χ3n) is 3.06. The van der Waals surface area contributed by atoms with Crippen LogP contribution in [0.5, 0.6) is 0 Å². The van der Waals surface area contributed by atoms with E-state index in [9.17, 15) is 0 Å². The summed E-state index contributed by atoms with van der Waals surface area (Å²) in [6, 6.07) is 21.5. The van der Waals surface area contributed by atoms with Crippen LogP contribution in [0.4, 0.5) is 0 Å². The molecule has 0 spiro atoms. The quantitative estimate of drug-likeness (QED) is 0.824. The summed E-state index contributed by atoms with van der Waals surface area (Å²) in [6.45, 7) is 3.25. The summed E-state index contributed by atoms with van der Waals surface area (Å²) >= 11 is 0. The molecule has 0 heterocycles. The third kappa shape index (κ3) is 3.86. The summed E-state index contributed by atoms with van der Waals surface area (Å²) in [4.78, 5) is 0. The Bertz CT molecular complexity index is 473. The van der Waals surface area contributed by atoms with Gasteiger partial charge in [0.1, 0.15) is 6.04 Å². The van der Waals surface area contributed by atoms with Crippen molar-refractivity contribution in [3.63, 3.8) is 0 Å². The van der Waals surface area contributed by atoms with Crippen molar-refractivity contribution in [1.29, 1.82) is 0 Å². The van der Waals surface area contributed by atoms with Gasteiger partial charge in [-0.05, 0) is 18.6 Å². The zero-order valence-corrected chi connectivity index (χ0v) is 10.8. The van der Waals surface area contributed by atoms with Crippen molar-refractivity contribution in [1.82, 2.24) is 0 Å². The van der Waals surface area contributed by atoms with Crippen LogP contribution < -0.4 is 5.32 Å². The van der Waals surface area contributed by atoms with E-state index in [2.05, 4.69) is 79.0 Å². The van der Waals surface area contributed by atoms with Crippen LogP contribution in [0.25, 0.3) is 6.08 Å². The van der Waals surface area contributed by atoms with E-state index < -0.39 is 0 Å². The van der Waals surface area contributed by atoms with Crippen LogP contribution in [0, 0.1) is 0 Å². The van der Waals surface area contributed by atoms with Crippen molar-refractivity contribution in [3.05, 3.63) is 77.9 Å². The standard InChI is InChI=1S/C17H19N/c1-15(17-12-6-3-7-13-17)18-14-8-11-16-9-4-2-5-10-16/h2-13,15,18H,14H2,1H3/p+1/b11-8+/t15-/m1/s1. The van der Waals surface area contributed by atoms with Crippen molar-refractivity contribution in [2.45, 2.75) is 13.0 Å². The number of hydrogen-bond acceptors (Lipinski definition) is 0. The second kappa shape index (κ2) is 6.77. The molecule has 0 saturated carbocycles. The molecule has 2 aromatic carbocycles. The van der Waals surface area contributed by atoms with Gasteiger partial charge in [-0.25, -0.2) is 0 Å². The molecule has 2 aromatic rings. The van der Waals surface area contributed by atoms with Gasteiger partial charge >= 0.3 is 0 Å². The smallest absolute Gasteiger partial charge is 0.109 e. The minimum atomic E-state index is 0.506. The lowest BCUT2D eigenvalue weighted by atomic mass is 10.1. The lowest BCUT2D eigenvalue weighted by Gasteiger charge is -2.08. The van der Waals surface area contributed by atoms with E-state index in [1.165, 1.54) is 11.1 Å². The van der Waals surface area contributed by atoms with Crippen LogP contribution in [0.3, 0.4) is 0 Å². The molecule has 1 atom stereocenters. The number of rotatable bonds is 5. The minimum Gasteiger partial charge on any atom is -0.337 e. The minimum absolute atomic E-state index is 0.506. The van der Waals surface area contributed by atoms with E-state index in [1.807, 2.05) is 6.07 Å². The molecule has 0 aliphatic rings. The van der Waals surface area contributed by atoms with Crippen molar-refractivity contribution in [3.8, 4) is 0 Å². The van der Waals surface area contributed by atoms with E-state index in [0.717, 1.165) is 6.54 Å². The highest BCUT2D eigenvalue weighted by Crippen LogP contribution is 2.06. The van der Waals surface area contributed by atoms with E-state index >= 15 is 0 Å². The molecule has 0 radical (unpaired) electrons. The molecule has 2 rings (SSSR count). The Kier molecular flexibility index (Phi) is 4.74. The molecular weight excluding hydrogens is 218 g/mol. The largest absolute Gasteiger partial charge is 0.337 e. The normalized spacial score (nSPS) is 12.7. The van der Waals surface area contributed by atoms with E-state index in [0.29, 0.717) is 6.04 Å². The van der Waals surface area contributed by atoms with Gasteiger partial charge in [-0.3, -0.25) is 0 Å². The lowest BCUT2D eigenvalue weighted by molar-refractivity contribution is -0.684. The van der Waals surface area contributed by atoms with Gasteiger partial charge in [0.05, 0.1) is 6.54 Å². The van der Waals surface area contributed by atoms with Gasteiger partial charge < -0.3 is 5.32 Å². The Hall–Kier alpha value is -1.86. The molecule has 1 nitrogen and oxygen atoms in total. The number of quaternary nitrogens is 1. The zero-order chi connectivity index (χ0) is 12.6. The summed E-state index contributed by atoms with van der Waals surface area (Å²) in [5.74, 6) is 0. The van der Waals surface area contributed by atoms with E-state index in [1.54, 1.807) is 0 Å². The van der Waals surface area contributed by atoms with Gasteiger partial charge in [0.15, 0.2) is 0 Å². The first-order valence-corrected chi connectivity index (χ1v) is 6.46. The predicted octanol–water partition coefficient (Wildman–Crippen LogP) is 3.02. The van der Waals surface area contributed by atoms with Crippen molar-refractivity contribution in [2.24, 2.45) is 0 Å². The average molecular weight is 238 g/mol. The maximum absolute atomic E-state index is 2.34. The molecule has 0 unspecified atom stereocenters. The van der Waals surface area contributed by atoms with Gasteiger partial charge in [-0.15, -0.1) is 0 Å². The highest BCUT2D eigenvalue weighted by Gasteiger charge is 2.04. The van der Waals surface area contributed by atoms with Crippen LogP contribution in [0.1, 0.15) is 24.1 Å². The van der Waals surface area contributed by atoms with Crippen LogP contribution >= 0.6 is 0 Å². The van der Waals surface area contributed by atoms with Crippen LogP contribution in [-0.2, 0) is 0 Å². The van der Waals surface area contributed by atoms with E-state index in [4.69, 9.17) is 0 Å². The first-order chi connectivity index (χ1) is 8.86. The first kappa shape index (κ1) is 12.6. The second-order valence-electron chi connectivity index (χ2n) is 4.48. The molecule has 0 aliphatic carbocycles. The zero-order valence-electron chi connectivity index (χ0n) is 10.8. The number of benzene rings is 2. The number of nitrogens with two attached hydrogens (primary N) is 1. The number of hydrogen-bond donors (Lipinski definition) is 1. The van der Waals surface area contributed by atoms with Gasteiger partial charge in [0.2, 0.25) is 0 Å². The Morgan fingerprint density at radius 1 is 0.944 bits per heavy atom. The molecule has 2 N–H and O–H groups in total. The highest BCUT2D eigenvalue weighted by atomic mass is 14.9. The maximum Gasteiger partial charge on any atom is 0.109 e. The van der Waals surface area contributed by atoms with Crippen LogP contribution in [0.2, 0.25) is 0 Å². The predicted molar refractivity (Wildman–Crippen MR) is 77.1 cm³/mol. The molecule has 0 aromatic heterocycles. The lowest BCUT2D eigenvalue weighted by Crippen LogP contribution is -2.84. The summed E-state index contributed by atoms with van der Waals surface area (Å²) < 4.78 is 0. The third-order valence-corrected chi connectivity index (χ3v) is 3.06. The first-order valence-electron chi connectivity index (χ1n) is 6.46. The van der Waals surface area contributed by atoms with Crippen molar-refractivity contribution in [2.75, 3.05) is 6.54 Å². The molecule has 0 amide bonds. The molecule has 0 bridgehead atoms. The summed E-state index contributed by atoms with van der Waals surface area (Å²) in [5, 5.41) is 2.34. The second-order valence-corrected chi connectivity index (χ2v) is 4.48. The SMILES string of the molecule is C[C@@H]([NH2+]C/C=C/c1ccccc1)c1ccccc1. The molecule has 1 heteroatoms.